The van der Waals surface area contributed by atoms with Gasteiger partial charge in [-0.05, 0) is 32.6 Å². The Kier molecular flexibility index (Phi) is 7.72. The predicted octanol–water partition coefficient (Wildman–Crippen LogP) is 2.69. The van der Waals surface area contributed by atoms with Gasteiger partial charge in [-0.3, -0.25) is 0 Å². The summed E-state index contributed by atoms with van der Waals surface area (Å²) in [7, 11) is 4.18. The van der Waals surface area contributed by atoms with Crippen molar-refractivity contribution in [3.8, 4) is 0 Å². The van der Waals surface area contributed by atoms with Gasteiger partial charge in [0.1, 0.15) is 0 Å². The second-order valence-corrected chi connectivity index (χ2v) is 5.49. The average molecular weight is 264 g/mol. The Morgan fingerprint density at radius 2 is 1.84 bits per heavy atom. The molecule has 0 aliphatic heterocycles. The summed E-state index contributed by atoms with van der Waals surface area (Å²) in [5.41, 5.74) is 1.25. The third kappa shape index (κ3) is 7.31. The molecule has 0 aromatic heterocycles. The molecule has 3 nitrogen and oxygen atoms in total. The van der Waals surface area contributed by atoms with Crippen molar-refractivity contribution in [3.05, 3.63) is 35.9 Å². The topological polar surface area (TPSA) is 24.5 Å². The SMILES string of the molecule is CC(C)NCC(OCCCN(C)C)c1ccccc1. The van der Waals surface area contributed by atoms with Crippen molar-refractivity contribution >= 4 is 0 Å². The Morgan fingerprint density at radius 1 is 1.16 bits per heavy atom. The molecule has 1 N–H and O–H groups in total. The highest BCUT2D eigenvalue weighted by molar-refractivity contribution is 5.17. The highest BCUT2D eigenvalue weighted by Crippen LogP contribution is 2.16. The predicted molar refractivity (Wildman–Crippen MR) is 81.4 cm³/mol. The van der Waals surface area contributed by atoms with Gasteiger partial charge in [0.2, 0.25) is 0 Å². The molecule has 108 valence electrons. The third-order valence-electron chi connectivity index (χ3n) is 2.95. The van der Waals surface area contributed by atoms with Gasteiger partial charge in [-0.2, -0.15) is 0 Å². The van der Waals surface area contributed by atoms with Crippen LogP contribution in [-0.4, -0.2) is 44.7 Å². The van der Waals surface area contributed by atoms with Crippen LogP contribution in [0, 0.1) is 0 Å². The number of nitrogens with one attached hydrogen (secondary N) is 1. The zero-order valence-electron chi connectivity index (χ0n) is 12.7. The molecule has 0 radical (unpaired) electrons. The van der Waals surface area contributed by atoms with Crippen LogP contribution in [0.4, 0.5) is 0 Å². The van der Waals surface area contributed by atoms with Gasteiger partial charge in [-0.1, -0.05) is 44.2 Å². The number of benzene rings is 1. The van der Waals surface area contributed by atoms with Gasteiger partial charge in [-0.15, -0.1) is 0 Å². The quantitative estimate of drug-likeness (QED) is 0.694. The Balaban J connectivity index is 2.45. The van der Waals surface area contributed by atoms with Crippen molar-refractivity contribution in [3.63, 3.8) is 0 Å². The van der Waals surface area contributed by atoms with Gasteiger partial charge in [-0.25, -0.2) is 0 Å². The second kappa shape index (κ2) is 9.08. The highest BCUT2D eigenvalue weighted by atomic mass is 16.5. The van der Waals surface area contributed by atoms with Crippen molar-refractivity contribution < 1.29 is 4.74 Å². The third-order valence-corrected chi connectivity index (χ3v) is 2.95. The van der Waals surface area contributed by atoms with E-state index in [1.807, 2.05) is 6.07 Å². The summed E-state index contributed by atoms with van der Waals surface area (Å²) in [6.45, 7) is 7.06. The van der Waals surface area contributed by atoms with E-state index >= 15 is 0 Å². The van der Waals surface area contributed by atoms with Crippen LogP contribution < -0.4 is 5.32 Å². The van der Waals surface area contributed by atoms with Gasteiger partial charge in [0.05, 0.1) is 6.10 Å². The molecule has 0 bridgehead atoms. The Hall–Kier alpha value is -0.900. The standard InChI is InChI=1S/C16H28N2O/c1-14(2)17-13-16(15-9-6-5-7-10-15)19-12-8-11-18(3)4/h5-7,9-10,14,16-17H,8,11-13H2,1-4H3. The molecule has 0 aliphatic rings. The largest absolute Gasteiger partial charge is 0.372 e. The van der Waals surface area contributed by atoms with Crippen LogP contribution in [0.3, 0.4) is 0 Å². The molecule has 0 saturated heterocycles. The molecule has 0 spiro atoms. The lowest BCUT2D eigenvalue weighted by Crippen LogP contribution is -2.29. The summed E-state index contributed by atoms with van der Waals surface area (Å²) in [5.74, 6) is 0. The van der Waals surface area contributed by atoms with E-state index in [1.54, 1.807) is 0 Å². The van der Waals surface area contributed by atoms with E-state index < -0.39 is 0 Å². The van der Waals surface area contributed by atoms with Gasteiger partial charge in [0.15, 0.2) is 0 Å². The maximum Gasteiger partial charge on any atom is 0.0949 e. The minimum Gasteiger partial charge on any atom is -0.372 e. The molecule has 1 unspecified atom stereocenters. The molecular formula is C16H28N2O. The molecule has 0 amide bonds. The van der Waals surface area contributed by atoms with E-state index in [2.05, 4.69) is 62.4 Å². The van der Waals surface area contributed by atoms with Crippen LogP contribution in [-0.2, 0) is 4.74 Å². The number of rotatable bonds is 9. The first-order valence-electron chi connectivity index (χ1n) is 7.14. The Morgan fingerprint density at radius 3 is 2.42 bits per heavy atom. The number of hydrogen-bond acceptors (Lipinski definition) is 3. The normalized spacial score (nSPS) is 13.2. The fourth-order valence-corrected chi connectivity index (χ4v) is 1.89. The van der Waals surface area contributed by atoms with Crippen molar-refractivity contribution in [2.75, 3.05) is 33.8 Å². The van der Waals surface area contributed by atoms with Crippen molar-refractivity contribution in [1.29, 1.82) is 0 Å². The van der Waals surface area contributed by atoms with Crippen LogP contribution in [0.15, 0.2) is 30.3 Å². The molecule has 0 fully saturated rings. The first-order valence-corrected chi connectivity index (χ1v) is 7.14. The van der Waals surface area contributed by atoms with Crippen molar-refractivity contribution in [2.24, 2.45) is 0 Å². The maximum atomic E-state index is 6.04. The minimum atomic E-state index is 0.144. The number of nitrogens with zero attached hydrogens (tertiary/aromatic N) is 1. The molecule has 0 heterocycles. The second-order valence-electron chi connectivity index (χ2n) is 5.49. The molecule has 0 aliphatic carbocycles. The highest BCUT2D eigenvalue weighted by Gasteiger charge is 2.11. The number of hydrogen-bond donors (Lipinski definition) is 1. The van der Waals surface area contributed by atoms with Gasteiger partial charge in [0, 0.05) is 19.2 Å². The van der Waals surface area contributed by atoms with E-state index in [1.165, 1.54) is 5.56 Å². The summed E-state index contributed by atoms with van der Waals surface area (Å²) < 4.78 is 6.04. The summed E-state index contributed by atoms with van der Waals surface area (Å²) in [6, 6.07) is 10.9. The molecule has 1 aromatic rings. The Labute approximate surface area is 118 Å². The maximum absolute atomic E-state index is 6.04. The van der Waals surface area contributed by atoms with Crippen LogP contribution >= 0.6 is 0 Å². The van der Waals surface area contributed by atoms with E-state index in [-0.39, 0.29) is 6.10 Å². The summed E-state index contributed by atoms with van der Waals surface area (Å²) in [6.07, 6.45) is 1.21. The van der Waals surface area contributed by atoms with Crippen LogP contribution in [0.1, 0.15) is 31.9 Å². The van der Waals surface area contributed by atoms with E-state index in [0.29, 0.717) is 6.04 Å². The fourth-order valence-electron chi connectivity index (χ4n) is 1.89. The van der Waals surface area contributed by atoms with E-state index in [9.17, 15) is 0 Å². The molecule has 1 atom stereocenters. The lowest BCUT2D eigenvalue weighted by atomic mass is 10.1. The van der Waals surface area contributed by atoms with E-state index in [4.69, 9.17) is 4.74 Å². The number of ether oxygens (including phenoxy) is 1. The summed E-state index contributed by atoms with van der Waals surface area (Å²) in [4.78, 5) is 2.19. The first-order chi connectivity index (χ1) is 9.09. The zero-order chi connectivity index (χ0) is 14.1. The molecule has 3 heteroatoms. The fraction of sp³-hybridized carbons (Fsp3) is 0.625. The van der Waals surface area contributed by atoms with Crippen LogP contribution in [0.5, 0.6) is 0 Å². The zero-order valence-corrected chi connectivity index (χ0v) is 12.7. The molecular weight excluding hydrogens is 236 g/mol. The van der Waals surface area contributed by atoms with Gasteiger partial charge >= 0.3 is 0 Å². The lowest BCUT2D eigenvalue weighted by Gasteiger charge is -2.21. The van der Waals surface area contributed by atoms with Gasteiger partial charge in [0.25, 0.3) is 0 Å². The van der Waals surface area contributed by atoms with E-state index in [0.717, 1.165) is 26.1 Å². The lowest BCUT2D eigenvalue weighted by molar-refractivity contribution is 0.0468. The molecule has 0 saturated carbocycles. The molecule has 1 rings (SSSR count). The van der Waals surface area contributed by atoms with Crippen molar-refractivity contribution in [1.82, 2.24) is 10.2 Å². The summed E-state index contributed by atoms with van der Waals surface area (Å²) >= 11 is 0. The molecule has 1 aromatic carbocycles. The molecule has 19 heavy (non-hydrogen) atoms. The van der Waals surface area contributed by atoms with Gasteiger partial charge < -0.3 is 15.0 Å². The van der Waals surface area contributed by atoms with Crippen LogP contribution in [0.25, 0.3) is 0 Å². The Bertz CT molecular complexity index is 325. The smallest absolute Gasteiger partial charge is 0.0949 e. The monoisotopic (exact) mass is 264 g/mol. The van der Waals surface area contributed by atoms with Crippen LogP contribution in [0.2, 0.25) is 0 Å². The average Bonchev–Trinajstić information content (AvgIpc) is 2.38. The summed E-state index contributed by atoms with van der Waals surface area (Å²) in [5, 5.41) is 3.46. The minimum absolute atomic E-state index is 0.144. The first kappa shape index (κ1) is 16.2. The van der Waals surface area contributed by atoms with Crippen molar-refractivity contribution in [2.45, 2.75) is 32.4 Å².